The number of rotatable bonds is 6. The Kier molecular flexibility index (Phi) is 5.73. The molecule has 8 nitrogen and oxygen atoms in total. The van der Waals surface area contributed by atoms with Crippen LogP contribution in [0.2, 0.25) is 0 Å². The van der Waals surface area contributed by atoms with Crippen molar-refractivity contribution in [3.8, 4) is 0 Å². The first-order chi connectivity index (χ1) is 10.9. The van der Waals surface area contributed by atoms with Gasteiger partial charge in [0.1, 0.15) is 6.54 Å². The van der Waals surface area contributed by atoms with Crippen molar-refractivity contribution in [2.24, 2.45) is 0 Å². The van der Waals surface area contributed by atoms with Crippen LogP contribution in [0.3, 0.4) is 0 Å². The van der Waals surface area contributed by atoms with Crippen LogP contribution in [0.1, 0.15) is 20.3 Å². The van der Waals surface area contributed by atoms with Gasteiger partial charge in [0.05, 0.1) is 13.2 Å². The number of nitrogens with zero attached hydrogens (tertiary/aromatic N) is 2. The van der Waals surface area contributed by atoms with E-state index in [0.29, 0.717) is 19.8 Å². The van der Waals surface area contributed by atoms with Crippen molar-refractivity contribution in [1.82, 2.24) is 20.0 Å². The van der Waals surface area contributed by atoms with Gasteiger partial charge in [0.2, 0.25) is 5.91 Å². The summed E-state index contributed by atoms with van der Waals surface area (Å²) in [6, 6.07) is 2.29. The van der Waals surface area contributed by atoms with E-state index in [4.69, 9.17) is 4.74 Å². The molecule has 1 fully saturated rings. The van der Waals surface area contributed by atoms with Gasteiger partial charge in [-0.2, -0.15) is 0 Å². The molecule has 1 aliphatic rings. The third-order valence-electron chi connectivity index (χ3n) is 4.39. The van der Waals surface area contributed by atoms with Crippen LogP contribution in [-0.4, -0.2) is 59.0 Å². The number of H-pyrrole nitrogens is 1. The summed E-state index contributed by atoms with van der Waals surface area (Å²) in [5, 5.41) is 5.21. The van der Waals surface area contributed by atoms with Crippen molar-refractivity contribution in [1.29, 1.82) is 0 Å². The van der Waals surface area contributed by atoms with Gasteiger partial charge in [-0.1, -0.05) is 6.92 Å². The molecule has 0 radical (unpaired) electrons. The number of ether oxygens (including phenoxy) is 1. The number of hydrogen-bond donors (Lipinski definition) is 2. The van der Waals surface area contributed by atoms with Gasteiger partial charge in [-0.15, -0.1) is 0 Å². The highest BCUT2D eigenvalue weighted by Crippen LogP contribution is 2.19. The van der Waals surface area contributed by atoms with Gasteiger partial charge in [0.25, 0.3) is 11.1 Å². The Morgan fingerprint density at radius 3 is 2.70 bits per heavy atom. The van der Waals surface area contributed by atoms with Crippen molar-refractivity contribution < 1.29 is 9.53 Å². The van der Waals surface area contributed by atoms with Crippen molar-refractivity contribution in [3.63, 3.8) is 0 Å². The zero-order valence-electron chi connectivity index (χ0n) is 13.6. The molecule has 0 bridgehead atoms. The number of nitrogens with one attached hydrogen (secondary N) is 2. The Morgan fingerprint density at radius 1 is 1.35 bits per heavy atom. The number of aromatic nitrogens is 2. The van der Waals surface area contributed by atoms with E-state index >= 15 is 0 Å². The van der Waals surface area contributed by atoms with Gasteiger partial charge in [0.15, 0.2) is 0 Å². The number of morpholine rings is 1. The maximum atomic E-state index is 12.1. The smallest absolute Gasteiger partial charge is 0.265 e. The molecule has 0 spiro atoms. The van der Waals surface area contributed by atoms with Gasteiger partial charge in [-0.3, -0.25) is 24.4 Å². The van der Waals surface area contributed by atoms with Crippen LogP contribution in [-0.2, 0) is 16.1 Å². The van der Waals surface area contributed by atoms with Crippen molar-refractivity contribution in [3.05, 3.63) is 32.8 Å². The SMILES string of the molecule is CC[C@@](C)(CNC(=O)Cn1[nH]c(=O)ccc1=O)N1CCOCC1. The van der Waals surface area contributed by atoms with E-state index in [9.17, 15) is 14.4 Å². The van der Waals surface area contributed by atoms with Gasteiger partial charge in [-0.25, -0.2) is 4.68 Å². The number of carbonyl (C=O) groups is 1. The van der Waals surface area contributed by atoms with Crippen LogP contribution < -0.4 is 16.4 Å². The first kappa shape index (κ1) is 17.4. The minimum Gasteiger partial charge on any atom is -0.379 e. The molecule has 0 unspecified atom stereocenters. The summed E-state index contributed by atoms with van der Waals surface area (Å²) in [5.41, 5.74) is -0.982. The van der Waals surface area contributed by atoms with Crippen LogP contribution in [0.5, 0.6) is 0 Å². The van der Waals surface area contributed by atoms with E-state index in [-0.39, 0.29) is 18.0 Å². The summed E-state index contributed by atoms with van der Waals surface area (Å²) in [5.74, 6) is -0.304. The molecule has 23 heavy (non-hydrogen) atoms. The van der Waals surface area contributed by atoms with E-state index in [1.165, 1.54) is 0 Å². The lowest BCUT2D eigenvalue weighted by Crippen LogP contribution is -2.57. The largest absolute Gasteiger partial charge is 0.379 e. The maximum Gasteiger partial charge on any atom is 0.265 e. The van der Waals surface area contributed by atoms with Crippen LogP contribution in [0.15, 0.2) is 21.7 Å². The second-order valence-corrected chi connectivity index (χ2v) is 5.96. The molecule has 0 saturated carbocycles. The van der Waals surface area contributed by atoms with E-state index < -0.39 is 11.1 Å². The van der Waals surface area contributed by atoms with Gasteiger partial charge < -0.3 is 10.1 Å². The second-order valence-electron chi connectivity index (χ2n) is 5.96. The first-order valence-electron chi connectivity index (χ1n) is 7.84. The lowest BCUT2D eigenvalue weighted by Gasteiger charge is -2.43. The molecule has 2 rings (SSSR count). The quantitative estimate of drug-likeness (QED) is 0.711. The highest BCUT2D eigenvalue weighted by atomic mass is 16.5. The highest BCUT2D eigenvalue weighted by Gasteiger charge is 2.31. The molecule has 1 saturated heterocycles. The number of aromatic amines is 1. The Hall–Kier alpha value is -1.93. The molecule has 1 aromatic heterocycles. The first-order valence-corrected chi connectivity index (χ1v) is 7.84. The Bertz CT molecular complexity index is 647. The van der Waals surface area contributed by atoms with Crippen LogP contribution in [0.25, 0.3) is 0 Å². The average molecular weight is 324 g/mol. The topological polar surface area (TPSA) is 96.4 Å². The fraction of sp³-hybridized carbons (Fsp3) is 0.667. The zero-order chi connectivity index (χ0) is 16.9. The molecule has 1 aliphatic heterocycles. The molecule has 0 aliphatic carbocycles. The molecule has 128 valence electrons. The monoisotopic (exact) mass is 324 g/mol. The minimum absolute atomic E-state index is 0.158. The Labute approximate surface area is 134 Å². The van der Waals surface area contributed by atoms with Gasteiger partial charge >= 0.3 is 0 Å². The molecule has 2 N–H and O–H groups in total. The lowest BCUT2D eigenvalue weighted by molar-refractivity contribution is -0.122. The average Bonchev–Trinajstić information content (AvgIpc) is 2.57. The fourth-order valence-electron chi connectivity index (χ4n) is 2.63. The molecular formula is C15H24N4O4. The standard InChI is InChI=1S/C15H24N4O4/c1-3-15(2,18-6-8-23-9-7-18)11-16-13(21)10-19-14(22)5-4-12(20)17-19/h4-5H,3,6-11H2,1-2H3,(H,16,21)(H,17,20)/t15-/m0/s1. The number of amides is 1. The van der Waals surface area contributed by atoms with Crippen molar-refractivity contribution in [2.75, 3.05) is 32.8 Å². The van der Waals surface area contributed by atoms with Crippen LogP contribution in [0, 0.1) is 0 Å². The minimum atomic E-state index is -0.413. The van der Waals surface area contributed by atoms with Crippen molar-refractivity contribution in [2.45, 2.75) is 32.4 Å². The van der Waals surface area contributed by atoms with Gasteiger partial charge in [0, 0.05) is 37.3 Å². The van der Waals surface area contributed by atoms with E-state index in [2.05, 4.69) is 29.2 Å². The van der Waals surface area contributed by atoms with E-state index in [1.54, 1.807) is 0 Å². The Morgan fingerprint density at radius 2 is 2.04 bits per heavy atom. The van der Waals surface area contributed by atoms with Crippen LogP contribution >= 0.6 is 0 Å². The predicted molar refractivity (Wildman–Crippen MR) is 85.4 cm³/mol. The Balaban J connectivity index is 1.95. The molecule has 1 atom stereocenters. The number of hydrogen-bond acceptors (Lipinski definition) is 5. The molecule has 2 heterocycles. The second kappa shape index (κ2) is 7.56. The van der Waals surface area contributed by atoms with E-state index in [0.717, 1.165) is 36.3 Å². The third kappa shape index (κ3) is 4.52. The molecule has 0 aromatic carbocycles. The summed E-state index contributed by atoms with van der Waals surface area (Å²) in [6.45, 7) is 7.55. The predicted octanol–water partition coefficient (Wildman–Crippen LogP) is -0.846. The lowest BCUT2D eigenvalue weighted by atomic mass is 9.95. The summed E-state index contributed by atoms with van der Waals surface area (Å²) in [6.07, 6.45) is 0.884. The summed E-state index contributed by atoms with van der Waals surface area (Å²) < 4.78 is 6.38. The normalized spacial score (nSPS) is 18.3. The fourth-order valence-corrected chi connectivity index (χ4v) is 2.63. The molecular weight excluding hydrogens is 300 g/mol. The summed E-state index contributed by atoms with van der Waals surface area (Å²) in [7, 11) is 0. The number of carbonyl (C=O) groups excluding carboxylic acids is 1. The molecule has 1 amide bonds. The van der Waals surface area contributed by atoms with Crippen LogP contribution in [0.4, 0.5) is 0 Å². The molecule has 1 aromatic rings. The third-order valence-corrected chi connectivity index (χ3v) is 4.39. The molecule has 8 heteroatoms. The summed E-state index contributed by atoms with van der Waals surface area (Å²) >= 11 is 0. The maximum absolute atomic E-state index is 12.1. The summed E-state index contributed by atoms with van der Waals surface area (Å²) in [4.78, 5) is 37.2. The zero-order valence-corrected chi connectivity index (χ0v) is 13.6. The highest BCUT2D eigenvalue weighted by molar-refractivity contribution is 5.75. The van der Waals surface area contributed by atoms with E-state index in [1.807, 2.05) is 0 Å². The van der Waals surface area contributed by atoms with Gasteiger partial charge in [-0.05, 0) is 13.3 Å². The van der Waals surface area contributed by atoms with Crippen molar-refractivity contribution >= 4 is 5.91 Å².